The lowest BCUT2D eigenvalue weighted by Crippen LogP contribution is -2.16. The molecule has 0 bridgehead atoms. The van der Waals surface area contributed by atoms with Gasteiger partial charge in [0.1, 0.15) is 5.69 Å². The molecular formula is C20H17F3N4O. The summed E-state index contributed by atoms with van der Waals surface area (Å²) in [6.45, 7) is 3.65. The number of benzene rings is 2. The van der Waals surface area contributed by atoms with Crippen LogP contribution >= 0.6 is 0 Å². The number of alkyl halides is 3. The highest BCUT2D eigenvalue weighted by molar-refractivity contribution is 6.03. The van der Waals surface area contributed by atoms with Crippen LogP contribution in [0, 0.1) is 13.8 Å². The van der Waals surface area contributed by atoms with Crippen LogP contribution in [0.25, 0.3) is 0 Å². The van der Waals surface area contributed by atoms with Crippen LogP contribution in [0.5, 0.6) is 0 Å². The third kappa shape index (κ3) is 4.64. The lowest BCUT2D eigenvalue weighted by atomic mass is 10.2. The van der Waals surface area contributed by atoms with Crippen LogP contribution in [0.4, 0.5) is 30.5 Å². The Hall–Kier alpha value is -3.42. The molecule has 1 aromatic heterocycles. The quantitative estimate of drug-likeness (QED) is 0.654. The topological polar surface area (TPSA) is 66.9 Å². The number of amides is 1. The van der Waals surface area contributed by atoms with Gasteiger partial charge in [0.25, 0.3) is 5.91 Å². The van der Waals surface area contributed by atoms with Gasteiger partial charge in [0.05, 0.1) is 5.56 Å². The van der Waals surface area contributed by atoms with Crippen molar-refractivity contribution < 1.29 is 18.0 Å². The first-order chi connectivity index (χ1) is 13.2. The predicted octanol–water partition coefficient (Wildman–Crippen LogP) is 5.11. The summed E-state index contributed by atoms with van der Waals surface area (Å²) < 4.78 is 37.9. The minimum atomic E-state index is -4.43. The molecule has 3 rings (SSSR count). The third-order valence-electron chi connectivity index (χ3n) is 3.95. The van der Waals surface area contributed by atoms with Crippen LogP contribution in [0.15, 0.2) is 54.6 Å². The molecule has 0 fully saturated rings. The molecule has 0 aliphatic rings. The van der Waals surface area contributed by atoms with Gasteiger partial charge in [-0.15, -0.1) is 0 Å². The summed E-state index contributed by atoms with van der Waals surface area (Å²) in [5.74, 6) is -0.287. The molecule has 2 N–H and O–H groups in total. The van der Waals surface area contributed by atoms with Crippen molar-refractivity contribution in [3.05, 3.63) is 77.1 Å². The first-order valence-corrected chi connectivity index (χ1v) is 8.39. The van der Waals surface area contributed by atoms with Gasteiger partial charge < -0.3 is 10.6 Å². The van der Waals surface area contributed by atoms with Crippen molar-refractivity contribution in [1.82, 2.24) is 9.97 Å². The fraction of sp³-hybridized carbons (Fsp3) is 0.150. The summed E-state index contributed by atoms with van der Waals surface area (Å²) in [6, 6.07) is 13.3. The molecule has 0 radical (unpaired) electrons. The summed E-state index contributed by atoms with van der Waals surface area (Å²) in [4.78, 5) is 20.9. The summed E-state index contributed by atoms with van der Waals surface area (Å²) >= 11 is 0. The Kier molecular flexibility index (Phi) is 5.30. The normalized spacial score (nSPS) is 11.2. The number of aromatic nitrogens is 2. The number of nitrogens with one attached hydrogen (secondary N) is 2. The van der Waals surface area contributed by atoms with Gasteiger partial charge in [-0.1, -0.05) is 18.2 Å². The number of rotatable bonds is 4. The average molecular weight is 386 g/mol. The molecule has 1 amide bonds. The Morgan fingerprint density at radius 2 is 1.64 bits per heavy atom. The van der Waals surface area contributed by atoms with Gasteiger partial charge in [-0.2, -0.15) is 13.2 Å². The second-order valence-corrected chi connectivity index (χ2v) is 6.19. The molecule has 8 heteroatoms. The smallest absolute Gasteiger partial charge is 0.324 e. The fourth-order valence-corrected chi connectivity index (χ4v) is 2.51. The fourth-order valence-electron chi connectivity index (χ4n) is 2.51. The Morgan fingerprint density at radius 1 is 0.964 bits per heavy atom. The number of carbonyl (C=O) groups is 1. The zero-order valence-electron chi connectivity index (χ0n) is 15.1. The molecule has 0 unspecified atom stereocenters. The van der Waals surface area contributed by atoms with E-state index in [4.69, 9.17) is 0 Å². The second-order valence-electron chi connectivity index (χ2n) is 6.19. The molecule has 0 aliphatic carbocycles. The van der Waals surface area contributed by atoms with E-state index in [1.807, 2.05) is 31.2 Å². The number of hydrogen-bond acceptors (Lipinski definition) is 4. The SMILES string of the molecule is Cc1cc(C(=O)Nc2ccc(C(F)(F)F)cc2)nc(Nc2ccccc2C)n1. The summed E-state index contributed by atoms with van der Waals surface area (Å²) in [6.07, 6.45) is -4.43. The molecule has 0 aliphatic heterocycles. The molecule has 0 spiro atoms. The van der Waals surface area contributed by atoms with E-state index in [0.29, 0.717) is 5.69 Å². The van der Waals surface area contributed by atoms with Gasteiger partial charge in [-0.05, 0) is 55.8 Å². The highest BCUT2D eigenvalue weighted by Gasteiger charge is 2.30. The van der Waals surface area contributed by atoms with Gasteiger partial charge in [0.15, 0.2) is 0 Å². The van der Waals surface area contributed by atoms with Crippen LogP contribution in [-0.4, -0.2) is 15.9 Å². The second kappa shape index (κ2) is 7.67. The molecule has 3 aromatic rings. The lowest BCUT2D eigenvalue weighted by molar-refractivity contribution is -0.137. The first-order valence-electron chi connectivity index (χ1n) is 8.39. The predicted molar refractivity (Wildman–Crippen MR) is 101 cm³/mol. The van der Waals surface area contributed by atoms with Crippen LogP contribution < -0.4 is 10.6 Å². The molecule has 2 aromatic carbocycles. The lowest BCUT2D eigenvalue weighted by Gasteiger charge is -2.11. The van der Waals surface area contributed by atoms with Crippen molar-refractivity contribution in [3.8, 4) is 0 Å². The van der Waals surface area contributed by atoms with Gasteiger partial charge in [0.2, 0.25) is 5.95 Å². The average Bonchev–Trinajstić information content (AvgIpc) is 2.63. The van der Waals surface area contributed by atoms with E-state index in [-0.39, 0.29) is 17.3 Å². The van der Waals surface area contributed by atoms with Crippen molar-refractivity contribution in [1.29, 1.82) is 0 Å². The number of para-hydroxylation sites is 1. The monoisotopic (exact) mass is 386 g/mol. The minimum Gasteiger partial charge on any atom is -0.324 e. The molecule has 144 valence electrons. The van der Waals surface area contributed by atoms with Crippen LogP contribution in [0.2, 0.25) is 0 Å². The summed E-state index contributed by atoms with van der Waals surface area (Å²) in [5, 5.41) is 5.61. The third-order valence-corrected chi connectivity index (χ3v) is 3.95. The molecular weight excluding hydrogens is 369 g/mol. The zero-order valence-corrected chi connectivity index (χ0v) is 15.1. The first kappa shape index (κ1) is 19.3. The summed E-state index contributed by atoms with van der Waals surface area (Å²) in [7, 11) is 0. The zero-order chi connectivity index (χ0) is 20.3. The molecule has 0 saturated carbocycles. The largest absolute Gasteiger partial charge is 0.416 e. The highest BCUT2D eigenvalue weighted by atomic mass is 19.4. The number of carbonyl (C=O) groups excluding carboxylic acids is 1. The van der Waals surface area contributed by atoms with E-state index in [0.717, 1.165) is 23.4 Å². The molecule has 0 atom stereocenters. The van der Waals surface area contributed by atoms with Crippen molar-refractivity contribution in [2.75, 3.05) is 10.6 Å². The Bertz CT molecular complexity index is 1000. The van der Waals surface area contributed by atoms with Gasteiger partial charge >= 0.3 is 6.18 Å². The Balaban J connectivity index is 1.78. The van der Waals surface area contributed by atoms with Crippen LogP contribution in [0.1, 0.15) is 27.3 Å². The van der Waals surface area contributed by atoms with Crippen LogP contribution in [-0.2, 0) is 6.18 Å². The maximum absolute atomic E-state index is 12.6. The summed E-state index contributed by atoms with van der Waals surface area (Å²) in [5.41, 5.74) is 1.92. The van der Waals surface area contributed by atoms with Crippen molar-refractivity contribution in [2.45, 2.75) is 20.0 Å². The Morgan fingerprint density at radius 3 is 2.29 bits per heavy atom. The standard InChI is InChI=1S/C20H17F3N4O/c1-12-5-3-4-6-16(12)26-19-24-13(2)11-17(27-19)18(28)25-15-9-7-14(8-10-15)20(21,22)23/h3-11H,1-2H3,(H,25,28)(H,24,26,27). The maximum atomic E-state index is 12.6. The number of anilines is 3. The van der Waals surface area contributed by atoms with E-state index in [1.165, 1.54) is 18.2 Å². The maximum Gasteiger partial charge on any atom is 0.416 e. The van der Waals surface area contributed by atoms with E-state index in [9.17, 15) is 18.0 Å². The number of nitrogens with zero attached hydrogens (tertiary/aromatic N) is 2. The van der Waals surface area contributed by atoms with E-state index < -0.39 is 17.6 Å². The molecule has 1 heterocycles. The van der Waals surface area contributed by atoms with Gasteiger partial charge in [-0.3, -0.25) is 4.79 Å². The van der Waals surface area contributed by atoms with E-state index in [1.54, 1.807) is 6.92 Å². The number of hydrogen-bond donors (Lipinski definition) is 2. The van der Waals surface area contributed by atoms with Crippen molar-refractivity contribution in [3.63, 3.8) is 0 Å². The molecule has 28 heavy (non-hydrogen) atoms. The van der Waals surface area contributed by atoms with Gasteiger partial charge in [-0.25, -0.2) is 9.97 Å². The van der Waals surface area contributed by atoms with Crippen molar-refractivity contribution in [2.24, 2.45) is 0 Å². The molecule has 0 saturated heterocycles. The van der Waals surface area contributed by atoms with Gasteiger partial charge in [0, 0.05) is 17.1 Å². The minimum absolute atomic E-state index is 0.100. The van der Waals surface area contributed by atoms with Crippen LogP contribution in [0.3, 0.4) is 0 Å². The van der Waals surface area contributed by atoms with Crippen molar-refractivity contribution >= 4 is 23.2 Å². The van der Waals surface area contributed by atoms with E-state index >= 15 is 0 Å². The number of aryl methyl sites for hydroxylation is 2. The Labute approximate surface area is 159 Å². The van der Waals surface area contributed by atoms with E-state index in [2.05, 4.69) is 20.6 Å². The molecule has 5 nitrogen and oxygen atoms in total. The number of halogens is 3. The highest BCUT2D eigenvalue weighted by Crippen LogP contribution is 2.29.